The standard InChI is InChI=1S/C15H24N4O2S2/c1-18(2)15(21)19-6-4-5-11(8-19)14(20)16-7-12-9-23-13(17-12)10-22-3/h9,11H,4-8,10H2,1-3H3,(H,16,20)/t11-/m1/s1. The summed E-state index contributed by atoms with van der Waals surface area (Å²) < 4.78 is 0. The fourth-order valence-corrected chi connectivity index (χ4v) is 4.10. The lowest BCUT2D eigenvalue weighted by atomic mass is 9.97. The molecular formula is C15H24N4O2S2. The second-order valence-corrected chi connectivity index (χ2v) is 7.65. The summed E-state index contributed by atoms with van der Waals surface area (Å²) in [6, 6.07) is -0.0243. The Morgan fingerprint density at radius 2 is 2.30 bits per heavy atom. The highest BCUT2D eigenvalue weighted by atomic mass is 32.2. The Morgan fingerprint density at radius 1 is 1.52 bits per heavy atom. The molecule has 128 valence electrons. The van der Waals surface area contributed by atoms with Crippen LogP contribution in [0, 0.1) is 5.92 Å². The molecule has 0 spiro atoms. The van der Waals surface area contributed by atoms with Crippen molar-refractivity contribution in [1.82, 2.24) is 20.1 Å². The summed E-state index contributed by atoms with van der Waals surface area (Å²) in [7, 11) is 3.47. The molecule has 3 amide bonds. The van der Waals surface area contributed by atoms with Crippen molar-refractivity contribution >= 4 is 35.0 Å². The lowest BCUT2D eigenvalue weighted by Gasteiger charge is -2.33. The van der Waals surface area contributed by atoms with Crippen LogP contribution in [-0.4, -0.2) is 60.2 Å². The van der Waals surface area contributed by atoms with Crippen molar-refractivity contribution in [3.63, 3.8) is 0 Å². The molecule has 1 N–H and O–H groups in total. The number of nitrogens with one attached hydrogen (secondary N) is 1. The van der Waals surface area contributed by atoms with Crippen LogP contribution in [0.1, 0.15) is 23.5 Å². The largest absolute Gasteiger partial charge is 0.350 e. The highest BCUT2D eigenvalue weighted by Crippen LogP contribution is 2.18. The van der Waals surface area contributed by atoms with Crippen molar-refractivity contribution < 1.29 is 9.59 Å². The van der Waals surface area contributed by atoms with Crippen molar-refractivity contribution in [2.45, 2.75) is 25.1 Å². The van der Waals surface area contributed by atoms with Crippen LogP contribution in [0.15, 0.2) is 5.38 Å². The number of rotatable bonds is 5. The molecule has 0 bridgehead atoms. The van der Waals surface area contributed by atoms with Crippen LogP contribution in [0.2, 0.25) is 0 Å². The molecule has 1 aliphatic rings. The van der Waals surface area contributed by atoms with Crippen LogP contribution in [0.5, 0.6) is 0 Å². The zero-order valence-electron chi connectivity index (χ0n) is 13.9. The van der Waals surface area contributed by atoms with Crippen LogP contribution in [-0.2, 0) is 17.1 Å². The van der Waals surface area contributed by atoms with Crippen molar-refractivity contribution in [2.75, 3.05) is 33.4 Å². The minimum Gasteiger partial charge on any atom is -0.350 e. The van der Waals surface area contributed by atoms with Crippen LogP contribution in [0.25, 0.3) is 0 Å². The van der Waals surface area contributed by atoms with Crippen molar-refractivity contribution in [3.05, 3.63) is 16.1 Å². The molecule has 0 radical (unpaired) electrons. The number of thioether (sulfide) groups is 1. The number of nitrogens with zero attached hydrogens (tertiary/aromatic N) is 3. The molecule has 2 heterocycles. The highest BCUT2D eigenvalue weighted by Gasteiger charge is 2.28. The number of aromatic nitrogens is 1. The number of piperidine rings is 1. The summed E-state index contributed by atoms with van der Waals surface area (Å²) >= 11 is 3.37. The van der Waals surface area contributed by atoms with E-state index in [1.54, 1.807) is 47.0 Å². The summed E-state index contributed by atoms with van der Waals surface area (Å²) in [4.78, 5) is 32.2. The average Bonchev–Trinajstić information content (AvgIpc) is 3.00. The molecule has 8 heteroatoms. The Hall–Kier alpha value is -1.28. The quantitative estimate of drug-likeness (QED) is 0.876. The lowest BCUT2D eigenvalue weighted by Crippen LogP contribution is -2.48. The number of thiazole rings is 1. The van der Waals surface area contributed by atoms with Crippen molar-refractivity contribution in [2.24, 2.45) is 5.92 Å². The number of urea groups is 1. The molecular weight excluding hydrogens is 332 g/mol. The van der Waals surface area contributed by atoms with Gasteiger partial charge in [0.2, 0.25) is 5.91 Å². The molecule has 0 unspecified atom stereocenters. The van der Waals surface area contributed by atoms with Gasteiger partial charge in [-0.3, -0.25) is 4.79 Å². The van der Waals surface area contributed by atoms with Gasteiger partial charge >= 0.3 is 6.03 Å². The van der Waals surface area contributed by atoms with E-state index < -0.39 is 0 Å². The van der Waals surface area contributed by atoms with Gasteiger partial charge in [-0.1, -0.05) is 0 Å². The Morgan fingerprint density at radius 3 is 3.00 bits per heavy atom. The predicted molar refractivity (Wildman–Crippen MR) is 94.6 cm³/mol. The molecule has 0 saturated carbocycles. The molecule has 1 aromatic heterocycles. The highest BCUT2D eigenvalue weighted by molar-refractivity contribution is 7.97. The molecule has 0 aliphatic carbocycles. The van der Waals surface area contributed by atoms with Gasteiger partial charge in [-0.05, 0) is 19.1 Å². The van der Waals surface area contributed by atoms with Crippen molar-refractivity contribution in [1.29, 1.82) is 0 Å². The van der Waals surface area contributed by atoms with Crippen LogP contribution >= 0.6 is 23.1 Å². The van der Waals surface area contributed by atoms with E-state index in [9.17, 15) is 9.59 Å². The summed E-state index contributed by atoms with van der Waals surface area (Å²) in [5.41, 5.74) is 0.907. The average molecular weight is 357 g/mol. The summed E-state index contributed by atoms with van der Waals surface area (Å²) in [5, 5.41) is 6.04. The molecule has 1 saturated heterocycles. The topological polar surface area (TPSA) is 65.5 Å². The van der Waals surface area contributed by atoms with Gasteiger partial charge in [0.15, 0.2) is 0 Å². The summed E-state index contributed by atoms with van der Waals surface area (Å²) in [6.07, 6.45) is 3.75. The number of amides is 3. The van der Waals surface area contributed by atoms with Crippen LogP contribution in [0.3, 0.4) is 0 Å². The Labute approximate surface area is 145 Å². The van der Waals surface area contributed by atoms with Gasteiger partial charge in [0.25, 0.3) is 0 Å². The van der Waals surface area contributed by atoms with Gasteiger partial charge in [0, 0.05) is 38.3 Å². The second kappa shape index (κ2) is 8.54. The van der Waals surface area contributed by atoms with Crippen LogP contribution < -0.4 is 5.32 Å². The number of hydrogen-bond donors (Lipinski definition) is 1. The molecule has 1 aliphatic heterocycles. The molecule has 2 rings (SSSR count). The normalized spacial score (nSPS) is 17.9. The van der Waals surface area contributed by atoms with Gasteiger partial charge < -0.3 is 15.1 Å². The van der Waals surface area contributed by atoms with E-state index in [-0.39, 0.29) is 17.9 Å². The third-order valence-electron chi connectivity index (χ3n) is 3.76. The minimum absolute atomic E-state index is 0.0145. The van der Waals surface area contributed by atoms with E-state index in [1.165, 1.54) is 0 Å². The molecule has 0 aromatic carbocycles. The lowest BCUT2D eigenvalue weighted by molar-refractivity contribution is -0.126. The van der Waals surface area contributed by atoms with E-state index in [2.05, 4.69) is 10.3 Å². The number of likely N-dealkylation sites (tertiary alicyclic amines) is 1. The first-order valence-corrected chi connectivity index (χ1v) is 9.94. The molecule has 1 fully saturated rings. The molecule has 1 aromatic rings. The van der Waals surface area contributed by atoms with E-state index in [0.717, 1.165) is 35.8 Å². The van der Waals surface area contributed by atoms with Gasteiger partial charge in [-0.2, -0.15) is 11.8 Å². The smallest absolute Gasteiger partial charge is 0.319 e. The first-order valence-electron chi connectivity index (χ1n) is 7.67. The maximum absolute atomic E-state index is 12.4. The van der Waals surface area contributed by atoms with Gasteiger partial charge in [-0.15, -0.1) is 11.3 Å². The monoisotopic (exact) mass is 356 g/mol. The van der Waals surface area contributed by atoms with Crippen molar-refractivity contribution in [3.8, 4) is 0 Å². The fourth-order valence-electron chi connectivity index (χ4n) is 2.59. The third-order valence-corrected chi connectivity index (χ3v) is 5.40. The number of hydrogen-bond acceptors (Lipinski definition) is 5. The second-order valence-electron chi connectivity index (χ2n) is 5.85. The van der Waals surface area contributed by atoms with E-state index >= 15 is 0 Å². The first kappa shape index (κ1) is 18.1. The van der Waals surface area contributed by atoms with E-state index in [4.69, 9.17) is 0 Å². The maximum atomic E-state index is 12.4. The van der Waals surface area contributed by atoms with Gasteiger partial charge in [0.1, 0.15) is 5.01 Å². The zero-order valence-corrected chi connectivity index (χ0v) is 15.5. The number of carbonyl (C=O) groups is 2. The molecule has 23 heavy (non-hydrogen) atoms. The Bertz CT molecular complexity index is 547. The Balaban J connectivity index is 1.83. The summed E-state index contributed by atoms with van der Waals surface area (Å²) in [6.45, 7) is 1.68. The van der Waals surface area contributed by atoms with Gasteiger partial charge in [0.05, 0.1) is 18.2 Å². The zero-order chi connectivity index (χ0) is 16.8. The first-order chi connectivity index (χ1) is 11.0. The van der Waals surface area contributed by atoms with E-state index in [0.29, 0.717) is 13.1 Å². The number of carbonyl (C=O) groups excluding carboxylic acids is 2. The Kier molecular flexibility index (Phi) is 6.71. The van der Waals surface area contributed by atoms with Gasteiger partial charge in [-0.25, -0.2) is 9.78 Å². The predicted octanol–water partition coefficient (Wildman–Crippen LogP) is 2.02. The maximum Gasteiger partial charge on any atom is 0.319 e. The molecule has 6 nitrogen and oxygen atoms in total. The summed E-state index contributed by atoms with van der Waals surface area (Å²) in [5.74, 6) is 0.792. The SMILES string of the molecule is CSCc1nc(CNC(=O)[C@@H]2CCCN(C(=O)N(C)C)C2)cs1. The van der Waals surface area contributed by atoms with Crippen LogP contribution in [0.4, 0.5) is 4.79 Å². The van der Waals surface area contributed by atoms with E-state index in [1.807, 2.05) is 11.6 Å². The molecule has 1 atom stereocenters. The minimum atomic E-state index is -0.128. The fraction of sp³-hybridized carbons (Fsp3) is 0.667. The third kappa shape index (κ3) is 5.10.